The Morgan fingerprint density at radius 3 is 1.46 bits per heavy atom. The van der Waals surface area contributed by atoms with E-state index in [0.29, 0.717) is 61.9 Å². The summed E-state index contributed by atoms with van der Waals surface area (Å²) >= 11 is 0. The third-order valence-electron chi connectivity index (χ3n) is 5.66. The lowest BCUT2D eigenvalue weighted by atomic mass is 10.0. The van der Waals surface area contributed by atoms with Crippen LogP contribution < -0.4 is 5.32 Å². The third-order valence-corrected chi connectivity index (χ3v) is 5.66. The van der Waals surface area contributed by atoms with Crippen LogP contribution in [0.1, 0.15) is 29.7 Å². The van der Waals surface area contributed by atoms with Gasteiger partial charge in [-0.2, -0.15) is 26.3 Å². The van der Waals surface area contributed by atoms with Crippen molar-refractivity contribution < 1.29 is 0 Å². The largest absolute Gasteiger partial charge is 0.370 e. The number of nitrogens with zero attached hydrogens (tertiary/aromatic N) is 10. The summed E-state index contributed by atoms with van der Waals surface area (Å²) in [6.07, 6.45) is 17.5. The van der Waals surface area contributed by atoms with Gasteiger partial charge in [0, 0.05) is 30.4 Å². The maximum atomic E-state index is 9.14. The van der Waals surface area contributed by atoms with Gasteiger partial charge < -0.3 is 5.32 Å². The van der Waals surface area contributed by atoms with E-state index < -0.39 is 6.04 Å². The van der Waals surface area contributed by atoms with E-state index >= 15 is 0 Å². The number of aliphatic imine (C=N–C) groups is 1. The molecule has 1 aliphatic heterocycles. The number of rotatable bonds is 6. The van der Waals surface area contributed by atoms with Crippen LogP contribution in [-0.2, 0) is 0 Å². The Bertz CT molecular complexity index is 1990. The molecule has 1 aromatic carbocycles. The van der Waals surface area contributed by atoms with Crippen molar-refractivity contribution in [1.82, 2.24) is 19.9 Å². The van der Waals surface area contributed by atoms with Gasteiger partial charge in [-0.05, 0) is 37.3 Å². The first-order valence-corrected chi connectivity index (χ1v) is 12.0. The van der Waals surface area contributed by atoms with Crippen molar-refractivity contribution in [3.05, 3.63) is 71.4 Å². The first-order chi connectivity index (χ1) is 20.1. The van der Waals surface area contributed by atoms with Crippen molar-refractivity contribution in [3.63, 3.8) is 0 Å². The van der Waals surface area contributed by atoms with Crippen molar-refractivity contribution in [1.29, 1.82) is 26.3 Å². The minimum Gasteiger partial charge on any atom is -0.370 e. The van der Waals surface area contributed by atoms with Crippen molar-refractivity contribution in [3.8, 4) is 30.3 Å². The molecular formula is C30H17N11. The van der Waals surface area contributed by atoms with Gasteiger partial charge in [0.1, 0.15) is 27.8 Å². The van der Waals surface area contributed by atoms with Gasteiger partial charge in [-0.15, -0.1) is 0 Å². The maximum Gasteiger partial charge on any atom is 0.120 e. The molecule has 41 heavy (non-hydrogen) atoms. The number of benzene rings is 1. The van der Waals surface area contributed by atoms with Crippen LogP contribution in [0, 0.1) is 56.7 Å². The number of hydrogen-bond acceptors (Lipinski definition) is 11. The molecular weight excluding hydrogens is 514 g/mol. The molecule has 11 heteroatoms. The van der Waals surface area contributed by atoms with E-state index in [2.05, 4.69) is 5.32 Å². The van der Waals surface area contributed by atoms with E-state index in [1.165, 1.54) is 54.7 Å². The summed E-state index contributed by atoms with van der Waals surface area (Å²) in [6, 6.07) is 9.28. The minimum absolute atomic E-state index is 0.305. The summed E-state index contributed by atoms with van der Waals surface area (Å²) < 4.78 is 0. The van der Waals surface area contributed by atoms with E-state index in [1.807, 2.05) is 49.4 Å². The quantitative estimate of drug-likeness (QED) is 0.249. The second kappa shape index (κ2) is 12.7. The number of nitrogens with one attached hydrogen (secondary N) is 1. The minimum atomic E-state index is -0.417. The first-order valence-electron chi connectivity index (χ1n) is 12.0. The topological polar surface area (TPSA) is 195 Å². The molecule has 3 aromatic rings. The zero-order valence-electron chi connectivity index (χ0n) is 21.5. The van der Waals surface area contributed by atoms with Gasteiger partial charge in [-0.3, -0.25) is 0 Å². The van der Waals surface area contributed by atoms with E-state index in [0.717, 1.165) is 0 Å². The fourth-order valence-electron chi connectivity index (χ4n) is 4.05. The van der Waals surface area contributed by atoms with Gasteiger partial charge >= 0.3 is 0 Å². The Morgan fingerprint density at radius 1 is 0.585 bits per heavy atom. The Labute approximate surface area is 234 Å². The summed E-state index contributed by atoms with van der Waals surface area (Å²) in [7, 11) is 0. The third kappa shape index (κ3) is 5.59. The molecule has 11 nitrogen and oxygen atoms in total. The summed E-state index contributed by atoms with van der Waals surface area (Å²) in [4.78, 5) is 23.9. The van der Waals surface area contributed by atoms with Crippen LogP contribution >= 0.6 is 0 Å². The van der Waals surface area contributed by atoms with Gasteiger partial charge in [0.25, 0.3) is 0 Å². The number of nitriles is 5. The molecule has 0 amide bonds. The highest BCUT2D eigenvalue weighted by Gasteiger charge is 2.27. The van der Waals surface area contributed by atoms with Crippen molar-refractivity contribution >= 4 is 63.5 Å². The smallest absolute Gasteiger partial charge is 0.120 e. The first kappa shape index (κ1) is 27.3. The lowest BCUT2D eigenvalue weighted by molar-refractivity contribution is 1.12. The van der Waals surface area contributed by atoms with Crippen LogP contribution in [0.5, 0.6) is 0 Å². The SMILES string of the molecule is C/C=C/C1Nc2c(c3nc(/C=C/C#N)c(/C=C/C#N)nc3c3nc(/C=C/C#N)c(/C=C/C#N)nc23)N=C1/C=C/C#N. The van der Waals surface area contributed by atoms with Crippen LogP contribution in [0.3, 0.4) is 0 Å². The van der Waals surface area contributed by atoms with Crippen LogP contribution in [0.4, 0.5) is 11.4 Å². The van der Waals surface area contributed by atoms with Gasteiger partial charge in [0.05, 0.1) is 70.6 Å². The Hall–Kier alpha value is -6.74. The van der Waals surface area contributed by atoms with Crippen molar-refractivity contribution in [2.24, 2.45) is 4.99 Å². The van der Waals surface area contributed by atoms with Crippen molar-refractivity contribution in [2.45, 2.75) is 13.0 Å². The zero-order chi connectivity index (χ0) is 29.2. The summed E-state index contributed by atoms with van der Waals surface area (Å²) in [5, 5.41) is 49.1. The lowest BCUT2D eigenvalue weighted by Gasteiger charge is -2.25. The molecule has 2 aromatic heterocycles. The molecule has 0 aliphatic carbocycles. The second-order valence-electron chi connectivity index (χ2n) is 8.10. The van der Waals surface area contributed by atoms with E-state index in [4.69, 9.17) is 51.2 Å². The van der Waals surface area contributed by atoms with Crippen LogP contribution in [-0.4, -0.2) is 31.7 Å². The highest BCUT2D eigenvalue weighted by molar-refractivity contribution is 6.19. The number of hydrogen-bond donors (Lipinski definition) is 1. The predicted octanol–water partition coefficient (Wildman–Crippen LogP) is 5.24. The summed E-state index contributed by atoms with van der Waals surface area (Å²) in [6.45, 7) is 1.86. The van der Waals surface area contributed by atoms with E-state index in [9.17, 15) is 0 Å². The molecule has 192 valence electrons. The molecule has 0 bridgehead atoms. The Morgan fingerprint density at radius 2 is 1.00 bits per heavy atom. The molecule has 0 spiro atoms. The molecule has 0 fully saturated rings. The number of fused-ring (bicyclic) bond motifs is 6. The zero-order valence-corrected chi connectivity index (χ0v) is 21.5. The molecule has 0 saturated carbocycles. The fourth-order valence-corrected chi connectivity index (χ4v) is 4.05. The molecule has 0 saturated heterocycles. The van der Waals surface area contributed by atoms with Gasteiger partial charge in [0.15, 0.2) is 0 Å². The van der Waals surface area contributed by atoms with Gasteiger partial charge in [-0.25, -0.2) is 24.9 Å². The van der Waals surface area contributed by atoms with Crippen LogP contribution in [0.2, 0.25) is 0 Å². The van der Waals surface area contributed by atoms with Crippen LogP contribution in [0.15, 0.2) is 53.6 Å². The molecule has 1 aliphatic rings. The monoisotopic (exact) mass is 531 g/mol. The highest BCUT2D eigenvalue weighted by Crippen LogP contribution is 2.43. The van der Waals surface area contributed by atoms with Gasteiger partial charge in [0.2, 0.25) is 0 Å². The van der Waals surface area contributed by atoms with E-state index in [-0.39, 0.29) is 0 Å². The average Bonchev–Trinajstić information content (AvgIpc) is 2.99. The Kier molecular flexibility index (Phi) is 8.44. The van der Waals surface area contributed by atoms with Gasteiger partial charge in [-0.1, -0.05) is 12.2 Å². The Balaban J connectivity index is 2.25. The number of aromatic nitrogens is 4. The van der Waals surface area contributed by atoms with E-state index in [1.54, 1.807) is 6.08 Å². The van der Waals surface area contributed by atoms with Crippen molar-refractivity contribution in [2.75, 3.05) is 5.32 Å². The summed E-state index contributed by atoms with van der Waals surface area (Å²) in [5.41, 5.74) is 4.03. The molecule has 3 heterocycles. The lowest BCUT2D eigenvalue weighted by Crippen LogP contribution is -2.29. The average molecular weight is 532 g/mol. The number of allylic oxidation sites excluding steroid dienone is 6. The summed E-state index contributed by atoms with van der Waals surface area (Å²) in [5.74, 6) is 0. The molecule has 1 atom stereocenters. The fraction of sp³-hybridized carbons (Fsp3) is 0.0667. The number of anilines is 1. The second-order valence-corrected chi connectivity index (χ2v) is 8.10. The standard InChI is InChI=1S/C30H17N11/c1-2-8-19-20(9-3-14-31)37-26-25(36-19)27-29(40-22(11-5-16-33)21(38-27)10-4-15-32)30-28(26)39-23(12-6-17-34)24(41-30)13-7-18-35/h2-13,19,36H,1H3/b8-2+,9-3+,10-4+,11-5+,12-6+,13-7+. The normalized spacial score (nSPS) is 14.8. The van der Waals surface area contributed by atoms with Crippen LogP contribution in [0.25, 0.3) is 46.4 Å². The predicted molar refractivity (Wildman–Crippen MR) is 155 cm³/mol. The molecule has 4 rings (SSSR count). The highest BCUT2D eigenvalue weighted by atomic mass is 15.0. The molecule has 1 unspecified atom stereocenters. The maximum absolute atomic E-state index is 9.14. The molecule has 1 N–H and O–H groups in total. The molecule has 0 radical (unpaired) electrons.